The fraction of sp³-hybridized carbons (Fsp3) is 0.667. The van der Waals surface area contributed by atoms with Crippen molar-refractivity contribution < 1.29 is 14.1 Å². The first-order chi connectivity index (χ1) is 8.66. The predicted molar refractivity (Wildman–Crippen MR) is 64.9 cm³/mol. The number of aromatic nitrogens is 1. The number of aryl methyl sites for hydroxylation is 1. The third kappa shape index (κ3) is 3.30. The monoisotopic (exact) mass is 253 g/mol. The lowest BCUT2D eigenvalue weighted by Gasteiger charge is -2.29. The average Bonchev–Trinajstić information content (AvgIpc) is 2.82. The van der Waals surface area contributed by atoms with Crippen LogP contribution in [0.15, 0.2) is 10.6 Å². The molecule has 0 bridgehead atoms. The molecule has 0 spiro atoms. The van der Waals surface area contributed by atoms with Gasteiger partial charge in [-0.05, 0) is 13.8 Å². The van der Waals surface area contributed by atoms with Crippen LogP contribution in [0.25, 0.3) is 0 Å². The lowest BCUT2D eigenvalue weighted by molar-refractivity contribution is -0.137. The summed E-state index contributed by atoms with van der Waals surface area (Å²) in [4.78, 5) is 13.9. The summed E-state index contributed by atoms with van der Waals surface area (Å²) in [7, 11) is 0. The first-order valence-electron chi connectivity index (χ1n) is 6.19. The van der Waals surface area contributed by atoms with Gasteiger partial charge in [0.2, 0.25) is 5.91 Å². The SMILES string of the molecule is Cc1cc(CNC(C)C(=O)N2CCOCC2)no1. The van der Waals surface area contributed by atoms with E-state index in [-0.39, 0.29) is 11.9 Å². The van der Waals surface area contributed by atoms with Gasteiger partial charge < -0.3 is 19.5 Å². The Labute approximate surface area is 106 Å². The highest BCUT2D eigenvalue weighted by atomic mass is 16.5. The number of carbonyl (C=O) groups is 1. The number of hydrogen-bond acceptors (Lipinski definition) is 5. The van der Waals surface area contributed by atoms with Gasteiger partial charge in [-0.15, -0.1) is 0 Å². The molecule has 1 aromatic rings. The van der Waals surface area contributed by atoms with Crippen LogP contribution in [0.4, 0.5) is 0 Å². The number of carbonyl (C=O) groups excluding carboxylic acids is 1. The molecule has 1 aliphatic heterocycles. The fourth-order valence-corrected chi connectivity index (χ4v) is 1.90. The number of morpholine rings is 1. The maximum Gasteiger partial charge on any atom is 0.239 e. The lowest BCUT2D eigenvalue weighted by Crippen LogP contribution is -2.49. The summed E-state index contributed by atoms with van der Waals surface area (Å²) in [5, 5.41) is 7.03. The zero-order valence-corrected chi connectivity index (χ0v) is 10.8. The molecule has 0 saturated carbocycles. The summed E-state index contributed by atoms with van der Waals surface area (Å²) in [6.45, 7) is 6.85. The normalized spacial score (nSPS) is 17.8. The Kier molecular flexibility index (Phi) is 4.33. The van der Waals surface area contributed by atoms with E-state index in [2.05, 4.69) is 10.5 Å². The molecule has 1 fully saturated rings. The van der Waals surface area contributed by atoms with E-state index in [1.165, 1.54) is 0 Å². The van der Waals surface area contributed by atoms with Gasteiger partial charge in [-0.3, -0.25) is 4.79 Å². The van der Waals surface area contributed by atoms with Crippen LogP contribution in [0, 0.1) is 6.92 Å². The van der Waals surface area contributed by atoms with E-state index < -0.39 is 0 Å². The summed E-state index contributed by atoms with van der Waals surface area (Å²) in [5.74, 6) is 0.887. The van der Waals surface area contributed by atoms with E-state index in [0.29, 0.717) is 32.8 Å². The molecule has 1 unspecified atom stereocenters. The van der Waals surface area contributed by atoms with Crippen molar-refractivity contribution >= 4 is 5.91 Å². The van der Waals surface area contributed by atoms with Gasteiger partial charge in [0.05, 0.1) is 24.9 Å². The van der Waals surface area contributed by atoms with Crippen LogP contribution in [-0.2, 0) is 16.1 Å². The van der Waals surface area contributed by atoms with Gasteiger partial charge in [0.15, 0.2) is 0 Å². The Balaban J connectivity index is 1.79. The second-order valence-corrected chi connectivity index (χ2v) is 4.47. The summed E-state index contributed by atoms with van der Waals surface area (Å²) >= 11 is 0. The summed E-state index contributed by atoms with van der Waals surface area (Å²) in [6.07, 6.45) is 0. The molecular weight excluding hydrogens is 234 g/mol. The summed E-state index contributed by atoms with van der Waals surface area (Å²) in [5.41, 5.74) is 0.814. The molecule has 2 rings (SSSR count). The molecule has 1 N–H and O–H groups in total. The van der Waals surface area contributed by atoms with Gasteiger partial charge in [0.1, 0.15) is 5.76 Å². The average molecular weight is 253 g/mol. The Morgan fingerprint density at radius 3 is 2.89 bits per heavy atom. The molecule has 0 radical (unpaired) electrons. The number of hydrogen-bond donors (Lipinski definition) is 1. The molecule has 100 valence electrons. The topological polar surface area (TPSA) is 67.6 Å². The molecular formula is C12H19N3O3. The van der Waals surface area contributed by atoms with Gasteiger partial charge in [-0.1, -0.05) is 5.16 Å². The minimum atomic E-state index is -0.222. The van der Waals surface area contributed by atoms with Gasteiger partial charge >= 0.3 is 0 Å². The number of nitrogens with zero attached hydrogens (tertiary/aromatic N) is 2. The molecule has 6 heteroatoms. The van der Waals surface area contributed by atoms with Gasteiger partial charge in [-0.25, -0.2) is 0 Å². The molecule has 1 aromatic heterocycles. The molecule has 0 aliphatic carbocycles. The number of nitrogens with one attached hydrogen (secondary N) is 1. The first kappa shape index (κ1) is 13.0. The Hall–Kier alpha value is -1.40. The summed E-state index contributed by atoms with van der Waals surface area (Å²) < 4.78 is 10.2. The number of rotatable bonds is 4. The first-order valence-corrected chi connectivity index (χ1v) is 6.19. The van der Waals surface area contributed by atoms with Crippen LogP contribution in [0.1, 0.15) is 18.4 Å². The van der Waals surface area contributed by atoms with E-state index in [1.807, 2.05) is 24.8 Å². The second kappa shape index (κ2) is 5.97. The van der Waals surface area contributed by atoms with Crippen molar-refractivity contribution in [2.24, 2.45) is 0 Å². The van der Waals surface area contributed by atoms with Crippen LogP contribution >= 0.6 is 0 Å². The van der Waals surface area contributed by atoms with Crippen molar-refractivity contribution in [1.29, 1.82) is 0 Å². The zero-order valence-electron chi connectivity index (χ0n) is 10.8. The van der Waals surface area contributed by atoms with Crippen molar-refractivity contribution in [3.8, 4) is 0 Å². The molecule has 2 heterocycles. The van der Waals surface area contributed by atoms with E-state index in [4.69, 9.17) is 9.26 Å². The van der Waals surface area contributed by atoms with E-state index in [1.54, 1.807) is 0 Å². The third-order valence-electron chi connectivity index (χ3n) is 2.96. The summed E-state index contributed by atoms with van der Waals surface area (Å²) in [6, 6.07) is 1.64. The molecule has 0 aromatic carbocycles. The van der Waals surface area contributed by atoms with Gasteiger partial charge in [0.25, 0.3) is 0 Å². The highest BCUT2D eigenvalue weighted by molar-refractivity contribution is 5.81. The van der Waals surface area contributed by atoms with Crippen molar-refractivity contribution in [2.45, 2.75) is 26.4 Å². The minimum absolute atomic E-state index is 0.110. The standard InChI is InChI=1S/C12H19N3O3/c1-9-7-11(14-18-9)8-13-10(2)12(16)15-3-5-17-6-4-15/h7,10,13H,3-6,8H2,1-2H3. The van der Waals surface area contributed by atoms with Crippen LogP contribution in [-0.4, -0.2) is 48.3 Å². The second-order valence-electron chi connectivity index (χ2n) is 4.47. The Morgan fingerprint density at radius 1 is 1.56 bits per heavy atom. The van der Waals surface area contributed by atoms with Crippen LogP contribution < -0.4 is 5.32 Å². The van der Waals surface area contributed by atoms with E-state index in [9.17, 15) is 4.79 Å². The van der Waals surface area contributed by atoms with Crippen LogP contribution in [0.2, 0.25) is 0 Å². The maximum absolute atomic E-state index is 12.1. The molecule has 1 saturated heterocycles. The Morgan fingerprint density at radius 2 is 2.28 bits per heavy atom. The minimum Gasteiger partial charge on any atom is -0.378 e. The highest BCUT2D eigenvalue weighted by Crippen LogP contribution is 2.03. The van der Waals surface area contributed by atoms with Gasteiger partial charge in [0, 0.05) is 25.7 Å². The highest BCUT2D eigenvalue weighted by Gasteiger charge is 2.22. The maximum atomic E-state index is 12.1. The third-order valence-corrected chi connectivity index (χ3v) is 2.96. The van der Waals surface area contributed by atoms with Crippen molar-refractivity contribution in [3.05, 3.63) is 17.5 Å². The lowest BCUT2D eigenvalue weighted by atomic mass is 10.2. The quantitative estimate of drug-likeness (QED) is 0.837. The van der Waals surface area contributed by atoms with Gasteiger partial charge in [-0.2, -0.15) is 0 Å². The van der Waals surface area contributed by atoms with E-state index in [0.717, 1.165) is 11.5 Å². The Bertz CT molecular complexity index is 399. The van der Waals surface area contributed by atoms with Crippen molar-refractivity contribution in [1.82, 2.24) is 15.4 Å². The molecule has 6 nitrogen and oxygen atoms in total. The smallest absolute Gasteiger partial charge is 0.239 e. The molecule has 1 atom stereocenters. The molecule has 18 heavy (non-hydrogen) atoms. The predicted octanol–water partition coefficient (Wildman–Crippen LogP) is 0.320. The number of amides is 1. The van der Waals surface area contributed by atoms with Crippen LogP contribution in [0.5, 0.6) is 0 Å². The van der Waals surface area contributed by atoms with Crippen LogP contribution in [0.3, 0.4) is 0 Å². The molecule has 1 aliphatic rings. The fourth-order valence-electron chi connectivity index (χ4n) is 1.90. The zero-order chi connectivity index (χ0) is 13.0. The van der Waals surface area contributed by atoms with Crippen molar-refractivity contribution in [2.75, 3.05) is 26.3 Å². The van der Waals surface area contributed by atoms with Crippen molar-refractivity contribution in [3.63, 3.8) is 0 Å². The number of ether oxygens (including phenoxy) is 1. The molecule has 1 amide bonds. The van der Waals surface area contributed by atoms with E-state index >= 15 is 0 Å². The largest absolute Gasteiger partial charge is 0.378 e.